The van der Waals surface area contributed by atoms with Crippen molar-refractivity contribution in [2.45, 2.75) is 44.9 Å². The summed E-state index contributed by atoms with van der Waals surface area (Å²) in [5.41, 5.74) is 8.83. The minimum Gasteiger partial charge on any atom is -0.496 e. The summed E-state index contributed by atoms with van der Waals surface area (Å²) in [4.78, 5) is 12.1. The van der Waals surface area contributed by atoms with Crippen LogP contribution >= 0.6 is 0 Å². The maximum absolute atomic E-state index is 12.1. The van der Waals surface area contributed by atoms with Crippen LogP contribution in [0, 0.1) is 0 Å². The second-order valence-electron chi connectivity index (χ2n) is 7.44. The van der Waals surface area contributed by atoms with Crippen LogP contribution in [0.25, 0.3) is 0 Å². The Hall–Kier alpha value is -2.82. The van der Waals surface area contributed by atoms with Crippen LogP contribution in [0.1, 0.15) is 47.1 Å². The van der Waals surface area contributed by atoms with Crippen molar-refractivity contribution in [3.8, 4) is 11.5 Å². The lowest BCUT2D eigenvalue weighted by Gasteiger charge is -2.16. The highest BCUT2D eigenvalue weighted by molar-refractivity contribution is 5.86. The second kappa shape index (κ2) is 8.46. The van der Waals surface area contributed by atoms with E-state index in [4.69, 9.17) is 9.47 Å². The number of benzene rings is 2. The normalized spacial score (nSPS) is 15.2. The molecule has 5 heteroatoms. The molecule has 2 aliphatic rings. The van der Waals surface area contributed by atoms with Gasteiger partial charge in [-0.1, -0.05) is 6.07 Å². The van der Waals surface area contributed by atoms with E-state index in [1.54, 1.807) is 13.3 Å². The summed E-state index contributed by atoms with van der Waals surface area (Å²) in [7, 11) is 1.65. The van der Waals surface area contributed by atoms with Gasteiger partial charge in [0.25, 0.3) is 5.91 Å². The van der Waals surface area contributed by atoms with Crippen molar-refractivity contribution in [3.05, 3.63) is 58.1 Å². The molecule has 2 aromatic rings. The fourth-order valence-corrected chi connectivity index (χ4v) is 4.05. The Morgan fingerprint density at radius 1 is 1.00 bits per heavy atom. The average Bonchev–Trinajstić information content (AvgIpc) is 3.18. The number of methoxy groups -OCH3 is 1. The maximum Gasteiger partial charge on any atom is 0.277 e. The molecule has 5 nitrogen and oxygen atoms in total. The van der Waals surface area contributed by atoms with E-state index in [0.29, 0.717) is 0 Å². The number of nitrogens with one attached hydrogen (secondary N) is 1. The number of fused-ring (bicyclic) bond motifs is 2. The van der Waals surface area contributed by atoms with Gasteiger partial charge in [-0.2, -0.15) is 5.10 Å². The number of aryl methyl sites for hydroxylation is 4. The molecule has 0 aliphatic heterocycles. The third kappa shape index (κ3) is 4.19. The van der Waals surface area contributed by atoms with Gasteiger partial charge in [-0.25, -0.2) is 5.43 Å². The van der Waals surface area contributed by atoms with Gasteiger partial charge in [0.05, 0.1) is 13.3 Å². The van der Waals surface area contributed by atoms with E-state index in [1.807, 2.05) is 6.07 Å². The average molecular weight is 378 g/mol. The molecule has 0 unspecified atom stereocenters. The lowest BCUT2D eigenvalue weighted by molar-refractivity contribution is -0.123. The Kier molecular flexibility index (Phi) is 5.60. The summed E-state index contributed by atoms with van der Waals surface area (Å²) in [6.07, 6.45) is 9.69. The zero-order valence-corrected chi connectivity index (χ0v) is 16.3. The molecule has 2 aromatic carbocycles. The molecule has 0 heterocycles. The quantitative estimate of drug-likeness (QED) is 0.617. The van der Waals surface area contributed by atoms with Crippen LogP contribution in [0.5, 0.6) is 11.5 Å². The van der Waals surface area contributed by atoms with Gasteiger partial charge in [-0.3, -0.25) is 4.79 Å². The summed E-state index contributed by atoms with van der Waals surface area (Å²) < 4.78 is 11.1. The molecular formula is C23H26N2O3. The van der Waals surface area contributed by atoms with Gasteiger partial charge in [-0.15, -0.1) is 0 Å². The van der Waals surface area contributed by atoms with Crippen LogP contribution in [0.15, 0.2) is 35.4 Å². The van der Waals surface area contributed by atoms with Gasteiger partial charge in [0.15, 0.2) is 6.61 Å². The molecule has 0 fully saturated rings. The number of hydrogen-bond acceptors (Lipinski definition) is 4. The molecule has 1 amide bonds. The highest BCUT2D eigenvalue weighted by Gasteiger charge is 2.14. The van der Waals surface area contributed by atoms with Crippen LogP contribution < -0.4 is 14.9 Å². The second-order valence-corrected chi connectivity index (χ2v) is 7.44. The smallest absolute Gasteiger partial charge is 0.277 e. The third-order valence-corrected chi connectivity index (χ3v) is 5.53. The van der Waals surface area contributed by atoms with E-state index < -0.39 is 0 Å². The number of nitrogens with zero attached hydrogens (tertiary/aromatic N) is 1. The Balaban J connectivity index is 1.32. The summed E-state index contributed by atoms with van der Waals surface area (Å²) in [5.74, 6) is 1.23. The van der Waals surface area contributed by atoms with E-state index in [-0.39, 0.29) is 12.5 Å². The Bertz CT molecular complexity index is 905. The lowest BCUT2D eigenvalue weighted by atomic mass is 9.92. The van der Waals surface area contributed by atoms with Crippen molar-refractivity contribution in [1.82, 2.24) is 5.43 Å². The van der Waals surface area contributed by atoms with Gasteiger partial charge in [0.1, 0.15) is 11.5 Å². The molecule has 0 saturated heterocycles. The standard InChI is InChI=1S/C23H26N2O3/c1-27-22-13-19-8-4-7-17(19)11-20(22)14-24-25-23(26)15-28-21-10-9-16-5-2-3-6-18(16)12-21/h9-14H,2-8,15H2,1H3,(H,25,26)/b24-14-. The SMILES string of the molecule is COc1cc2c(cc1/C=N\NC(=O)COc1ccc3c(c1)CCCC3)CCC2. The first-order valence-corrected chi connectivity index (χ1v) is 9.99. The van der Waals surface area contributed by atoms with Crippen molar-refractivity contribution in [3.63, 3.8) is 0 Å². The van der Waals surface area contributed by atoms with E-state index >= 15 is 0 Å². The predicted molar refractivity (Wildman–Crippen MR) is 109 cm³/mol. The fraction of sp³-hybridized carbons (Fsp3) is 0.391. The molecule has 0 bridgehead atoms. The number of carbonyl (C=O) groups is 1. The molecule has 28 heavy (non-hydrogen) atoms. The topological polar surface area (TPSA) is 59.9 Å². The van der Waals surface area contributed by atoms with Gasteiger partial charge >= 0.3 is 0 Å². The highest BCUT2D eigenvalue weighted by atomic mass is 16.5. The van der Waals surface area contributed by atoms with Gasteiger partial charge in [0.2, 0.25) is 0 Å². The van der Waals surface area contributed by atoms with Gasteiger partial charge in [-0.05, 0) is 91.5 Å². The summed E-state index contributed by atoms with van der Waals surface area (Å²) in [5, 5.41) is 4.07. The van der Waals surface area contributed by atoms with E-state index in [2.05, 4.69) is 34.8 Å². The Morgan fingerprint density at radius 2 is 1.71 bits per heavy atom. The van der Waals surface area contributed by atoms with E-state index in [1.165, 1.54) is 41.5 Å². The largest absolute Gasteiger partial charge is 0.496 e. The molecule has 4 rings (SSSR count). The molecular weight excluding hydrogens is 352 g/mol. The molecule has 0 saturated carbocycles. The number of ether oxygens (including phenoxy) is 2. The summed E-state index contributed by atoms with van der Waals surface area (Å²) in [6.45, 7) is -0.0581. The molecule has 0 spiro atoms. The molecule has 0 radical (unpaired) electrons. The van der Waals surface area contributed by atoms with Crippen molar-refractivity contribution in [1.29, 1.82) is 0 Å². The minimum absolute atomic E-state index is 0.0581. The number of amides is 1. The van der Waals surface area contributed by atoms with Crippen LogP contribution in [0.2, 0.25) is 0 Å². The van der Waals surface area contributed by atoms with Crippen molar-refractivity contribution in [2.75, 3.05) is 13.7 Å². The third-order valence-electron chi connectivity index (χ3n) is 5.53. The number of carbonyl (C=O) groups excluding carboxylic acids is 1. The number of hydrogen-bond donors (Lipinski definition) is 1. The van der Waals surface area contributed by atoms with Crippen LogP contribution in [0.4, 0.5) is 0 Å². The Morgan fingerprint density at radius 3 is 2.54 bits per heavy atom. The highest BCUT2D eigenvalue weighted by Crippen LogP contribution is 2.29. The summed E-state index contributed by atoms with van der Waals surface area (Å²) in [6, 6.07) is 10.3. The zero-order valence-electron chi connectivity index (χ0n) is 16.3. The molecule has 2 aliphatic carbocycles. The van der Waals surface area contributed by atoms with E-state index in [0.717, 1.165) is 42.7 Å². The Labute approximate surface area is 165 Å². The van der Waals surface area contributed by atoms with Crippen LogP contribution in [-0.2, 0) is 30.5 Å². The fourth-order valence-electron chi connectivity index (χ4n) is 4.05. The minimum atomic E-state index is -0.283. The van der Waals surface area contributed by atoms with E-state index in [9.17, 15) is 4.79 Å². The van der Waals surface area contributed by atoms with Crippen molar-refractivity contribution in [2.24, 2.45) is 5.10 Å². The van der Waals surface area contributed by atoms with Crippen LogP contribution in [0.3, 0.4) is 0 Å². The first-order chi connectivity index (χ1) is 13.7. The maximum atomic E-state index is 12.1. The van der Waals surface area contributed by atoms with Crippen molar-refractivity contribution < 1.29 is 14.3 Å². The molecule has 0 aromatic heterocycles. The zero-order chi connectivity index (χ0) is 19.3. The molecule has 146 valence electrons. The monoisotopic (exact) mass is 378 g/mol. The molecule has 1 N–H and O–H groups in total. The van der Waals surface area contributed by atoms with Crippen molar-refractivity contribution >= 4 is 12.1 Å². The molecule has 0 atom stereocenters. The predicted octanol–water partition coefficient (Wildman–Crippen LogP) is 3.59. The first kappa shape index (κ1) is 18.5. The van der Waals surface area contributed by atoms with Gasteiger partial charge in [0, 0.05) is 5.56 Å². The van der Waals surface area contributed by atoms with Crippen LogP contribution in [-0.4, -0.2) is 25.8 Å². The van der Waals surface area contributed by atoms with Gasteiger partial charge < -0.3 is 9.47 Å². The number of hydrazone groups is 1. The first-order valence-electron chi connectivity index (χ1n) is 9.99. The number of rotatable bonds is 6. The lowest BCUT2D eigenvalue weighted by Crippen LogP contribution is -2.24. The summed E-state index contributed by atoms with van der Waals surface area (Å²) >= 11 is 0.